The van der Waals surface area contributed by atoms with Crippen LogP contribution < -0.4 is 9.64 Å². The maximum Gasteiger partial charge on any atom is 0.228 e. The largest absolute Gasteiger partial charge is 0.495 e. The molecule has 0 bridgehead atoms. The van der Waals surface area contributed by atoms with Gasteiger partial charge in [0.1, 0.15) is 5.75 Å². The second kappa shape index (κ2) is 5.04. The Morgan fingerprint density at radius 2 is 2.12 bits per heavy atom. The van der Waals surface area contributed by atoms with E-state index in [1.165, 1.54) is 7.11 Å². The molecule has 0 N–H and O–H groups in total. The van der Waals surface area contributed by atoms with Crippen molar-refractivity contribution in [3.05, 3.63) is 22.2 Å². The summed E-state index contributed by atoms with van der Waals surface area (Å²) in [5.74, 6) is 0.551. The van der Waals surface area contributed by atoms with Gasteiger partial charge in [-0.1, -0.05) is 39.1 Å². The zero-order valence-electron chi connectivity index (χ0n) is 9.04. The third-order valence-electron chi connectivity index (χ3n) is 2.59. The van der Waals surface area contributed by atoms with Crippen LogP contribution in [-0.4, -0.2) is 24.4 Å². The molecule has 0 radical (unpaired) electrons. The van der Waals surface area contributed by atoms with E-state index >= 15 is 0 Å². The number of alkyl halides is 1. The number of rotatable bonds is 2. The van der Waals surface area contributed by atoms with Gasteiger partial charge in [-0.25, -0.2) is 0 Å². The Morgan fingerprint density at radius 3 is 2.65 bits per heavy atom. The number of methoxy groups -OCH3 is 1. The van der Waals surface area contributed by atoms with E-state index in [2.05, 4.69) is 15.9 Å². The lowest BCUT2D eigenvalue weighted by atomic mass is 10.2. The van der Waals surface area contributed by atoms with E-state index in [0.717, 1.165) is 0 Å². The summed E-state index contributed by atoms with van der Waals surface area (Å²) in [6.45, 7) is 0.601. The predicted molar refractivity (Wildman–Crippen MR) is 72.7 cm³/mol. The van der Waals surface area contributed by atoms with Crippen LogP contribution >= 0.6 is 39.1 Å². The molecule has 1 aliphatic heterocycles. The Labute approximate surface area is 118 Å². The minimum absolute atomic E-state index is 0.0400. The van der Waals surface area contributed by atoms with E-state index < -0.39 is 0 Å². The van der Waals surface area contributed by atoms with Crippen LogP contribution in [0.1, 0.15) is 6.42 Å². The maximum absolute atomic E-state index is 11.8. The summed E-state index contributed by atoms with van der Waals surface area (Å²) in [5.41, 5.74) is 0.639. The van der Waals surface area contributed by atoms with Crippen molar-refractivity contribution >= 4 is 50.7 Å². The second-order valence-electron chi connectivity index (χ2n) is 3.74. The van der Waals surface area contributed by atoms with Gasteiger partial charge >= 0.3 is 0 Å². The van der Waals surface area contributed by atoms with E-state index in [0.29, 0.717) is 34.4 Å². The quantitative estimate of drug-likeness (QED) is 0.772. The first-order valence-corrected chi connectivity index (χ1v) is 6.67. The van der Waals surface area contributed by atoms with Gasteiger partial charge in [0.25, 0.3) is 0 Å². The van der Waals surface area contributed by atoms with E-state index in [-0.39, 0.29) is 10.7 Å². The molecule has 2 rings (SSSR count). The average molecular weight is 339 g/mol. The number of nitrogens with zero attached hydrogens (tertiary/aromatic N) is 1. The Bertz CT molecular complexity index is 467. The molecule has 1 aromatic rings. The molecule has 0 spiro atoms. The summed E-state index contributed by atoms with van der Waals surface area (Å²) in [6, 6.07) is 3.28. The molecule has 1 fully saturated rings. The third kappa shape index (κ3) is 2.54. The lowest BCUT2D eigenvalue weighted by Gasteiger charge is -2.19. The molecule has 1 saturated heterocycles. The van der Waals surface area contributed by atoms with Crippen LogP contribution in [-0.2, 0) is 4.79 Å². The van der Waals surface area contributed by atoms with Crippen molar-refractivity contribution in [1.82, 2.24) is 0 Å². The highest BCUT2D eigenvalue weighted by molar-refractivity contribution is 9.09. The van der Waals surface area contributed by atoms with Gasteiger partial charge in [0, 0.05) is 23.9 Å². The van der Waals surface area contributed by atoms with Crippen LogP contribution in [0.4, 0.5) is 5.69 Å². The van der Waals surface area contributed by atoms with Crippen LogP contribution in [0.3, 0.4) is 0 Å². The van der Waals surface area contributed by atoms with Crippen molar-refractivity contribution in [2.45, 2.75) is 11.2 Å². The van der Waals surface area contributed by atoms with E-state index in [1.807, 2.05) is 0 Å². The third-order valence-corrected chi connectivity index (χ3v) is 3.80. The number of ether oxygens (including phenoxy) is 1. The lowest BCUT2D eigenvalue weighted by molar-refractivity contribution is -0.117. The molecular weight excluding hydrogens is 329 g/mol. The van der Waals surface area contributed by atoms with Crippen LogP contribution in [0, 0.1) is 0 Å². The molecule has 3 nitrogen and oxygen atoms in total. The van der Waals surface area contributed by atoms with Crippen molar-refractivity contribution < 1.29 is 9.53 Å². The standard InChI is InChI=1S/C11H10BrCl2NO2/c1-17-10-4-9(7(13)3-8(10)14)15-5-6(12)2-11(15)16/h3-4,6H,2,5H2,1H3. The molecule has 1 amide bonds. The number of hydrogen-bond acceptors (Lipinski definition) is 2. The number of carbonyl (C=O) groups excluding carboxylic acids is 1. The maximum atomic E-state index is 11.8. The van der Waals surface area contributed by atoms with Gasteiger partial charge in [-0.15, -0.1) is 0 Å². The molecule has 1 aromatic carbocycles. The summed E-state index contributed by atoms with van der Waals surface area (Å²) in [7, 11) is 1.53. The number of benzene rings is 1. The molecule has 92 valence electrons. The molecule has 0 aliphatic carbocycles. The summed E-state index contributed by atoms with van der Waals surface area (Å²) in [5, 5.41) is 0.883. The Morgan fingerprint density at radius 1 is 1.41 bits per heavy atom. The molecule has 1 unspecified atom stereocenters. The monoisotopic (exact) mass is 337 g/mol. The molecule has 17 heavy (non-hydrogen) atoms. The fourth-order valence-electron chi connectivity index (χ4n) is 1.78. The van der Waals surface area contributed by atoms with E-state index in [9.17, 15) is 4.79 Å². The highest BCUT2D eigenvalue weighted by atomic mass is 79.9. The normalized spacial score (nSPS) is 19.9. The minimum Gasteiger partial charge on any atom is -0.495 e. The molecule has 1 heterocycles. The van der Waals surface area contributed by atoms with Gasteiger partial charge in [-0.2, -0.15) is 0 Å². The molecule has 0 saturated carbocycles. The summed E-state index contributed by atoms with van der Waals surface area (Å²) in [6.07, 6.45) is 0.473. The first-order chi connectivity index (χ1) is 8.02. The molecular formula is C11H10BrCl2NO2. The zero-order chi connectivity index (χ0) is 12.6. The van der Waals surface area contributed by atoms with Gasteiger partial charge in [0.2, 0.25) is 5.91 Å². The van der Waals surface area contributed by atoms with Gasteiger partial charge in [-0.3, -0.25) is 4.79 Å². The number of carbonyl (C=O) groups is 1. The zero-order valence-corrected chi connectivity index (χ0v) is 12.1. The highest BCUT2D eigenvalue weighted by Gasteiger charge is 2.30. The van der Waals surface area contributed by atoms with Crippen molar-refractivity contribution in [2.24, 2.45) is 0 Å². The highest BCUT2D eigenvalue weighted by Crippen LogP contribution is 2.38. The first kappa shape index (κ1) is 13.0. The van der Waals surface area contributed by atoms with Crippen molar-refractivity contribution in [1.29, 1.82) is 0 Å². The van der Waals surface area contributed by atoms with Gasteiger partial charge in [0.15, 0.2) is 0 Å². The fraction of sp³-hybridized carbons (Fsp3) is 0.364. The van der Waals surface area contributed by atoms with Crippen molar-refractivity contribution in [2.75, 3.05) is 18.6 Å². The number of hydrogen-bond donors (Lipinski definition) is 0. The minimum atomic E-state index is 0.0400. The fourth-order valence-corrected chi connectivity index (χ4v) is 2.91. The van der Waals surface area contributed by atoms with E-state index in [4.69, 9.17) is 27.9 Å². The Kier molecular flexibility index (Phi) is 3.85. The topological polar surface area (TPSA) is 29.5 Å². The molecule has 6 heteroatoms. The predicted octanol–water partition coefficient (Wildman–Crippen LogP) is 3.50. The van der Waals surface area contributed by atoms with Crippen LogP contribution in [0.25, 0.3) is 0 Å². The van der Waals surface area contributed by atoms with Crippen molar-refractivity contribution in [3.63, 3.8) is 0 Å². The smallest absolute Gasteiger partial charge is 0.228 e. The molecule has 1 aliphatic rings. The first-order valence-electron chi connectivity index (χ1n) is 5.00. The average Bonchev–Trinajstić information content (AvgIpc) is 2.58. The Balaban J connectivity index is 2.41. The summed E-state index contributed by atoms with van der Waals surface area (Å²) in [4.78, 5) is 13.6. The summed E-state index contributed by atoms with van der Waals surface area (Å²) >= 11 is 15.5. The Hall–Kier alpha value is -0.450. The van der Waals surface area contributed by atoms with Gasteiger partial charge < -0.3 is 9.64 Å². The van der Waals surface area contributed by atoms with Crippen LogP contribution in [0.15, 0.2) is 12.1 Å². The summed E-state index contributed by atoms with van der Waals surface area (Å²) < 4.78 is 5.12. The van der Waals surface area contributed by atoms with Crippen LogP contribution in [0.5, 0.6) is 5.75 Å². The van der Waals surface area contributed by atoms with E-state index in [1.54, 1.807) is 17.0 Å². The van der Waals surface area contributed by atoms with Gasteiger partial charge in [0.05, 0.1) is 22.8 Å². The molecule has 1 atom stereocenters. The van der Waals surface area contributed by atoms with Crippen LogP contribution in [0.2, 0.25) is 10.0 Å². The number of amides is 1. The van der Waals surface area contributed by atoms with Crippen molar-refractivity contribution in [3.8, 4) is 5.75 Å². The second-order valence-corrected chi connectivity index (χ2v) is 5.85. The molecule has 0 aromatic heterocycles. The number of anilines is 1. The lowest BCUT2D eigenvalue weighted by Crippen LogP contribution is -2.24. The van der Waals surface area contributed by atoms with Gasteiger partial charge in [-0.05, 0) is 6.07 Å². The number of halogens is 3. The SMILES string of the molecule is COc1cc(N2CC(Br)CC2=O)c(Cl)cc1Cl.